The third-order valence-corrected chi connectivity index (χ3v) is 6.09. The average Bonchev–Trinajstić information content (AvgIpc) is 3.13. The van der Waals surface area contributed by atoms with Gasteiger partial charge in [-0.05, 0) is 49.2 Å². The van der Waals surface area contributed by atoms with Gasteiger partial charge in [0.1, 0.15) is 17.6 Å². The van der Waals surface area contributed by atoms with Crippen LogP contribution in [-0.2, 0) is 14.3 Å². The highest BCUT2D eigenvalue weighted by Crippen LogP contribution is 2.38. The normalized spacial score (nSPS) is 20.6. The summed E-state index contributed by atoms with van der Waals surface area (Å²) >= 11 is 0. The second-order valence-corrected chi connectivity index (χ2v) is 8.43. The molecular formula is C26H31N3O5. The zero-order valence-electron chi connectivity index (χ0n) is 19.5. The number of Topliss-reactive ketones (excluding diaryl/α,β-unsaturated/α-hetero) is 1. The van der Waals surface area contributed by atoms with Gasteiger partial charge in [0.15, 0.2) is 0 Å². The average molecular weight is 466 g/mol. The molecule has 2 aliphatic rings. The van der Waals surface area contributed by atoms with Crippen LogP contribution in [0, 0.1) is 0 Å². The van der Waals surface area contributed by atoms with Gasteiger partial charge in [0.2, 0.25) is 0 Å². The van der Waals surface area contributed by atoms with E-state index in [2.05, 4.69) is 9.88 Å². The molecular weight excluding hydrogens is 434 g/mol. The number of carbonyl (C=O) groups is 2. The summed E-state index contributed by atoms with van der Waals surface area (Å²) in [4.78, 5) is 34.4. The zero-order valence-corrected chi connectivity index (χ0v) is 19.5. The lowest BCUT2D eigenvalue weighted by molar-refractivity contribution is -0.140. The Labute approximate surface area is 199 Å². The summed E-state index contributed by atoms with van der Waals surface area (Å²) < 4.78 is 11.0. The van der Waals surface area contributed by atoms with Crippen molar-refractivity contribution in [2.75, 3.05) is 46.0 Å². The van der Waals surface area contributed by atoms with Crippen LogP contribution in [0.25, 0.3) is 5.76 Å². The fourth-order valence-corrected chi connectivity index (χ4v) is 4.33. The summed E-state index contributed by atoms with van der Waals surface area (Å²) in [6.45, 7) is 6.96. The molecule has 34 heavy (non-hydrogen) atoms. The maximum absolute atomic E-state index is 13.1. The number of ether oxygens (including phenoxy) is 2. The van der Waals surface area contributed by atoms with Crippen molar-refractivity contribution in [3.8, 4) is 5.75 Å². The van der Waals surface area contributed by atoms with Crippen molar-refractivity contribution < 1.29 is 24.2 Å². The SMILES string of the molecule is CCCOc1ccc(C(O)=C2C(=O)C(=O)N(CCCN3CCOCC3)C2c2ccccn2)cc1. The third-order valence-electron chi connectivity index (χ3n) is 6.09. The molecule has 1 unspecified atom stereocenters. The van der Waals surface area contributed by atoms with Crippen LogP contribution in [0.1, 0.15) is 37.1 Å². The molecule has 1 atom stereocenters. The van der Waals surface area contributed by atoms with Crippen molar-refractivity contribution in [1.82, 2.24) is 14.8 Å². The van der Waals surface area contributed by atoms with Gasteiger partial charge in [-0.15, -0.1) is 0 Å². The van der Waals surface area contributed by atoms with Crippen LogP contribution in [0.3, 0.4) is 0 Å². The number of pyridine rings is 1. The van der Waals surface area contributed by atoms with E-state index >= 15 is 0 Å². The molecule has 2 fully saturated rings. The number of amides is 1. The van der Waals surface area contributed by atoms with Crippen LogP contribution in [-0.4, -0.2) is 77.6 Å². The number of ketones is 1. The van der Waals surface area contributed by atoms with Gasteiger partial charge in [0.25, 0.3) is 11.7 Å². The number of benzene rings is 1. The predicted octanol–water partition coefficient (Wildman–Crippen LogP) is 3.01. The van der Waals surface area contributed by atoms with Crippen molar-refractivity contribution in [2.24, 2.45) is 0 Å². The summed E-state index contributed by atoms with van der Waals surface area (Å²) in [5.74, 6) is -0.817. The minimum absolute atomic E-state index is 0.0669. The molecule has 1 N–H and O–H groups in total. The maximum Gasteiger partial charge on any atom is 0.295 e. The monoisotopic (exact) mass is 465 g/mol. The molecule has 1 aromatic carbocycles. The van der Waals surface area contributed by atoms with E-state index in [0.717, 1.165) is 26.1 Å². The van der Waals surface area contributed by atoms with E-state index in [0.29, 0.717) is 49.8 Å². The first-order valence-corrected chi connectivity index (χ1v) is 11.8. The highest BCUT2D eigenvalue weighted by Gasteiger charge is 2.46. The van der Waals surface area contributed by atoms with Gasteiger partial charge in [-0.1, -0.05) is 13.0 Å². The van der Waals surface area contributed by atoms with Crippen molar-refractivity contribution in [3.63, 3.8) is 0 Å². The Bertz CT molecular complexity index is 1020. The third kappa shape index (κ3) is 5.29. The van der Waals surface area contributed by atoms with Gasteiger partial charge < -0.3 is 19.5 Å². The lowest BCUT2D eigenvalue weighted by Crippen LogP contribution is -2.39. The van der Waals surface area contributed by atoms with E-state index in [9.17, 15) is 14.7 Å². The highest BCUT2D eigenvalue weighted by atomic mass is 16.5. The molecule has 2 saturated heterocycles. The number of rotatable bonds is 9. The van der Waals surface area contributed by atoms with Crippen molar-refractivity contribution >= 4 is 17.4 Å². The molecule has 8 heteroatoms. The Kier molecular flexibility index (Phi) is 7.92. The molecule has 180 valence electrons. The van der Waals surface area contributed by atoms with Crippen molar-refractivity contribution in [3.05, 3.63) is 65.5 Å². The van der Waals surface area contributed by atoms with Gasteiger partial charge in [-0.2, -0.15) is 0 Å². The van der Waals surface area contributed by atoms with Crippen LogP contribution in [0.4, 0.5) is 0 Å². The van der Waals surface area contributed by atoms with Crippen molar-refractivity contribution in [2.45, 2.75) is 25.8 Å². The quantitative estimate of drug-likeness (QED) is 0.346. The van der Waals surface area contributed by atoms with E-state index < -0.39 is 17.7 Å². The van der Waals surface area contributed by atoms with Crippen molar-refractivity contribution in [1.29, 1.82) is 0 Å². The predicted molar refractivity (Wildman–Crippen MR) is 127 cm³/mol. The topological polar surface area (TPSA) is 92.2 Å². The first kappa shape index (κ1) is 23.9. The number of aromatic nitrogens is 1. The summed E-state index contributed by atoms with van der Waals surface area (Å²) in [5.41, 5.74) is 1.07. The molecule has 4 rings (SSSR count). The molecule has 0 spiro atoms. The molecule has 0 aliphatic carbocycles. The van der Waals surface area contributed by atoms with Crippen LogP contribution in [0.15, 0.2) is 54.2 Å². The molecule has 1 amide bonds. The highest BCUT2D eigenvalue weighted by molar-refractivity contribution is 6.46. The Balaban J connectivity index is 1.61. The Hall–Kier alpha value is -3.23. The number of hydrogen-bond donors (Lipinski definition) is 1. The number of likely N-dealkylation sites (tertiary alicyclic amines) is 1. The van der Waals surface area contributed by atoms with E-state index in [1.54, 1.807) is 42.6 Å². The Morgan fingerprint density at radius 2 is 1.88 bits per heavy atom. The molecule has 0 bridgehead atoms. The van der Waals surface area contributed by atoms with Gasteiger partial charge >= 0.3 is 0 Å². The zero-order chi connectivity index (χ0) is 23.9. The molecule has 1 aromatic heterocycles. The molecule has 0 saturated carbocycles. The summed E-state index contributed by atoms with van der Waals surface area (Å²) in [7, 11) is 0. The van der Waals surface area contributed by atoms with Gasteiger partial charge in [0, 0.05) is 37.9 Å². The summed E-state index contributed by atoms with van der Waals surface area (Å²) in [5, 5.41) is 11.1. The first-order valence-electron chi connectivity index (χ1n) is 11.8. The summed E-state index contributed by atoms with van der Waals surface area (Å²) in [6.07, 6.45) is 3.23. The minimum atomic E-state index is -0.734. The van der Waals surface area contributed by atoms with Gasteiger partial charge in [-0.3, -0.25) is 19.5 Å². The van der Waals surface area contributed by atoms with Crippen LogP contribution >= 0.6 is 0 Å². The number of aliphatic hydroxyl groups excluding tert-OH is 1. The maximum atomic E-state index is 13.1. The Morgan fingerprint density at radius 1 is 1.12 bits per heavy atom. The van der Waals surface area contributed by atoms with E-state index in [1.165, 1.54) is 4.90 Å². The second-order valence-electron chi connectivity index (χ2n) is 8.43. The lowest BCUT2D eigenvalue weighted by Gasteiger charge is -2.28. The molecule has 2 aromatic rings. The van der Waals surface area contributed by atoms with E-state index in [4.69, 9.17) is 9.47 Å². The largest absolute Gasteiger partial charge is 0.507 e. The minimum Gasteiger partial charge on any atom is -0.507 e. The number of hydrogen-bond acceptors (Lipinski definition) is 7. The standard InChI is InChI=1S/C26H31N3O5/c1-2-16-34-20-9-7-19(8-10-20)24(30)22-23(21-6-3-4-11-27-21)29(26(32)25(22)31)13-5-12-28-14-17-33-18-15-28/h3-4,6-11,23,30H,2,5,12-18H2,1H3. The molecule has 0 radical (unpaired) electrons. The van der Waals surface area contributed by atoms with E-state index in [1.807, 2.05) is 13.0 Å². The molecule has 3 heterocycles. The first-order chi connectivity index (χ1) is 16.6. The van der Waals surface area contributed by atoms with E-state index in [-0.39, 0.29) is 11.3 Å². The van der Waals surface area contributed by atoms with Crippen LogP contribution < -0.4 is 4.74 Å². The lowest BCUT2D eigenvalue weighted by atomic mass is 9.98. The summed E-state index contributed by atoms with van der Waals surface area (Å²) in [6, 6.07) is 11.5. The number of aliphatic hydroxyl groups is 1. The number of nitrogens with zero attached hydrogens (tertiary/aromatic N) is 3. The Morgan fingerprint density at radius 3 is 2.56 bits per heavy atom. The smallest absolute Gasteiger partial charge is 0.295 e. The number of carbonyl (C=O) groups excluding carboxylic acids is 2. The van der Waals surface area contributed by atoms with Gasteiger partial charge in [-0.25, -0.2) is 0 Å². The molecule has 8 nitrogen and oxygen atoms in total. The fourth-order valence-electron chi connectivity index (χ4n) is 4.33. The fraction of sp³-hybridized carbons (Fsp3) is 0.423. The van der Waals surface area contributed by atoms with Crippen LogP contribution in [0.2, 0.25) is 0 Å². The number of morpholine rings is 1. The van der Waals surface area contributed by atoms with Gasteiger partial charge in [0.05, 0.1) is 31.1 Å². The second kappa shape index (κ2) is 11.3. The molecule has 2 aliphatic heterocycles. The van der Waals surface area contributed by atoms with Crippen LogP contribution in [0.5, 0.6) is 5.75 Å².